The lowest BCUT2D eigenvalue weighted by Gasteiger charge is -2.27. The number of aliphatic hydroxyl groups is 1. The van der Waals surface area contributed by atoms with E-state index >= 15 is 0 Å². The number of nitrogens with two attached hydrogens (primary N) is 1. The molecular weight excluding hydrogens is 394 g/mol. The van der Waals surface area contributed by atoms with Crippen molar-refractivity contribution >= 4 is 28.5 Å². The van der Waals surface area contributed by atoms with Crippen LogP contribution in [-0.4, -0.2) is 35.6 Å². The SMILES string of the molecule is Cc1oc2ccc(N3CCCC3c3ccccc3)cc2c1C(=O)N[C@@](C)(CO)C(N)=O. The molecule has 0 saturated carbocycles. The van der Waals surface area contributed by atoms with Gasteiger partial charge >= 0.3 is 0 Å². The third-order valence-electron chi connectivity index (χ3n) is 6.09. The van der Waals surface area contributed by atoms with Gasteiger partial charge in [0, 0.05) is 17.6 Å². The monoisotopic (exact) mass is 421 g/mol. The molecule has 1 aliphatic rings. The van der Waals surface area contributed by atoms with Crippen molar-refractivity contribution in [3.8, 4) is 0 Å². The summed E-state index contributed by atoms with van der Waals surface area (Å²) in [5.74, 6) is -0.877. The number of carbonyl (C=O) groups is 2. The van der Waals surface area contributed by atoms with E-state index in [0.717, 1.165) is 25.1 Å². The highest BCUT2D eigenvalue weighted by atomic mass is 16.3. The van der Waals surface area contributed by atoms with Gasteiger partial charge in [-0.25, -0.2) is 0 Å². The number of fused-ring (bicyclic) bond motifs is 1. The number of aryl methyl sites for hydroxylation is 1. The van der Waals surface area contributed by atoms with E-state index in [1.807, 2.05) is 36.4 Å². The predicted octanol–water partition coefficient (Wildman–Crippen LogP) is 3.05. The van der Waals surface area contributed by atoms with Crippen LogP contribution in [0.4, 0.5) is 5.69 Å². The first-order chi connectivity index (χ1) is 14.8. The normalized spacial score (nSPS) is 18.2. The number of rotatable bonds is 6. The van der Waals surface area contributed by atoms with Crippen LogP contribution in [0.3, 0.4) is 0 Å². The van der Waals surface area contributed by atoms with Crippen LogP contribution in [0, 0.1) is 6.92 Å². The summed E-state index contributed by atoms with van der Waals surface area (Å²) >= 11 is 0. The zero-order chi connectivity index (χ0) is 22.2. The van der Waals surface area contributed by atoms with E-state index in [1.54, 1.807) is 6.92 Å². The zero-order valence-corrected chi connectivity index (χ0v) is 17.7. The molecule has 2 atom stereocenters. The molecule has 31 heavy (non-hydrogen) atoms. The fourth-order valence-electron chi connectivity index (χ4n) is 4.26. The van der Waals surface area contributed by atoms with Crippen LogP contribution in [0.2, 0.25) is 0 Å². The lowest BCUT2D eigenvalue weighted by atomic mass is 10.0. The molecule has 0 bridgehead atoms. The molecule has 1 aliphatic heterocycles. The number of amides is 2. The van der Waals surface area contributed by atoms with Crippen LogP contribution >= 0.6 is 0 Å². The minimum Gasteiger partial charge on any atom is -0.461 e. The maximum Gasteiger partial charge on any atom is 0.256 e. The van der Waals surface area contributed by atoms with Crippen molar-refractivity contribution in [3.05, 3.63) is 65.4 Å². The van der Waals surface area contributed by atoms with E-state index in [4.69, 9.17) is 10.2 Å². The molecule has 0 aliphatic carbocycles. The number of hydrogen-bond acceptors (Lipinski definition) is 5. The Balaban J connectivity index is 1.71. The molecule has 1 unspecified atom stereocenters. The minimum absolute atomic E-state index is 0.275. The van der Waals surface area contributed by atoms with Gasteiger partial charge in [-0.05, 0) is 50.5 Å². The van der Waals surface area contributed by atoms with E-state index in [-0.39, 0.29) is 6.04 Å². The van der Waals surface area contributed by atoms with Gasteiger partial charge < -0.3 is 25.5 Å². The van der Waals surface area contributed by atoms with Gasteiger partial charge in [0.1, 0.15) is 16.9 Å². The molecule has 7 heteroatoms. The molecule has 1 aromatic heterocycles. The number of aliphatic hydroxyl groups excluding tert-OH is 1. The third-order valence-corrected chi connectivity index (χ3v) is 6.09. The Morgan fingerprint density at radius 3 is 2.68 bits per heavy atom. The number of anilines is 1. The Hall–Kier alpha value is -3.32. The van der Waals surface area contributed by atoms with Gasteiger partial charge in [0.25, 0.3) is 5.91 Å². The Labute approximate surface area is 180 Å². The molecule has 1 fully saturated rings. The highest BCUT2D eigenvalue weighted by Crippen LogP contribution is 2.38. The second-order valence-electron chi connectivity index (χ2n) is 8.28. The van der Waals surface area contributed by atoms with E-state index in [0.29, 0.717) is 22.3 Å². The number of benzene rings is 2. The fourth-order valence-corrected chi connectivity index (χ4v) is 4.26. The average molecular weight is 421 g/mol. The van der Waals surface area contributed by atoms with E-state index < -0.39 is 24.0 Å². The third kappa shape index (κ3) is 3.77. The van der Waals surface area contributed by atoms with Crippen LogP contribution in [0.15, 0.2) is 52.9 Å². The number of carbonyl (C=O) groups excluding carboxylic acids is 2. The summed E-state index contributed by atoms with van der Waals surface area (Å²) in [6.45, 7) is 3.43. The van der Waals surface area contributed by atoms with Crippen molar-refractivity contribution in [3.63, 3.8) is 0 Å². The van der Waals surface area contributed by atoms with E-state index in [9.17, 15) is 14.7 Å². The summed E-state index contributed by atoms with van der Waals surface area (Å²) < 4.78 is 5.80. The molecule has 4 rings (SSSR count). The molecule has 1 saturated heterocycles. The van der Waals surface area contributed by atoms with E-state index in [2.05, 4.69) is 22.3 Å². The Kier molecular flexibility index (Phi) is 5.45. The van der Waals surface area contributed by atoms with Crippen molar-refractivity contribution in [1.29, 1.82) is 0 Å². The largest absolute Gasteiger partial charge is 0.461 e. The van der Waals surface area contributed by atoms with Crippen molar-refractivity contribution < 1.29 is 19.1 Å². The topological polar surface area (TPSA) is 109 Å². The van der Waals surface area contributed by atoms with Gasteiger partial charge in [-0.2, -0.15) is 0 Å². The first-order valence-corrected chi connectivity index (χ1v) is 10.4. The first kappa shape index (κ1) is 20.9. The molecule has 3 aromatic rings. The van der Waals surface area contributed by atoms with Crippen LogP contribution in [-0.2, 0) is 4.79 Å². The van der Waals surface area contributed by atoms with E-state index in [1.165, 1.54) is 12.5 Å². The van der Waals surface area contributed by atoms with Crippen molar-refractivity contribution in [2.45, 2.75) is 38.3 Å². The van der Waals surface area contributed by atoms with Gasteiger partial charge in [0.15, 0.2) is 0 Å². The molecule has 2 amide bonds. The van der Waals surface area contributed by atoms with Crippen LogP contribution in [0.25, 0.3) is 11.0 Å². The summed E-state index contributed by atoms with van der Waals surface area (Å²) in [5, 5.41) is 12.8. The second kappa shape index (κ2) is 8.07. The molecule has 4 N–H and O–H groups in total. The Bertz CT molecular complexity index is 1120. The lowest BCUT2D eigenvalue weighted by Crippen LogP contribution is -2.57. The second-order valence-corrected chi connectivity index (χ2v) is 8.28. The Morgan fingerprint density at radius 2 is 2.00 bits per heavy atom. The molecule has 0 radical (unpaired) electrons. The molecule has 2 aromatic carbocycles. The number of nitrogens with zero attached hydrogens (tertiary/aromatic N) is 1. The predicted molar refractivity (Wildman–Crippen MR) is 119 cm³/mol. The van der Waals surface area contributed by atoms with Crippen molar-refractivity contribution in [2.24, 2.45) is 5.73 Å². The van der Waals surface area contributed by atoms with Gasteiger partial charge in [0.05, 0.1) is 18.2 Å². The lowest BCUT2D eigenvalue weighted by molar-refractivity contribution is -0.124. The van der Waals surface area contributed by atoms with Crippen LogP contribution in [0.5, 0.6) is 0 Å². The summed E-state index contributed by atoms with van der Waals surface area (Å²) in [4.78, 5) is 27.1. The highest BCUT2D eigenvalue weighted by Gasteiger charge is 2.34. The summed E-state index contributed by atoms with van der Waals surface area (Å²) in [5.41, 5.74) is 7.01. The minimum atomic E-state index is -1.56. The average Bonchev–Trinajstić information content (AvgIpc) is 3.37. The number of hydrogen-bond donors (Lipinski definition) is 3. The smallest absolute Gasteiger partial charge is 0.256 e. The molecule has 7 nitrogen and oxygen atoms in total. The molecular formula is C24H27N3O4. The number of nitrogens with one attached hydrogen (secondary N) is 1. The standard InChI is InChI=1S/C24H27N3O4/c1-15-21(22(29)26-24(2,14-28)23(25)30)18-13-17(10-11-20(18)31-15)27-12-6-9-19(27)16-7-4-3-5-8-16/h3-5,7-8,10-11,13,19,28H,6,9,12,14H2,1-2H3,(H2,25,30)(H,26,29)/t19?,24-/m0/s1. The maximum atomic E-state index is 13.0. The van der Waals surface area contributed by atoms with Crippen molar-refractivity contribution in [1.82, 2.24) is 5.32 Å². The summed E-state index contributed by atoms with van der Waals surface area (Å²) in [6, 6.07) is 16.5. The molecule has 162 valence electrons. The fraction of sp³-hybridized carbons (Fsp3) is 0.333. The van der Waals surface area contributed by atoms with Crippen LogP contribution in [0.1, 0.15) is 47.5 Å². The van der Waals surface area contributed by atoms with Gasteiger partial charge in [-0.1, -0.05) is 30.3 Å². The summed E-state index contributed by atoms with van der Waals surface area (Å²) in [7, 11) is 0. The quantitative estimate of drug-likeness (QED) is 0.567. The maximum absolute atomic E-state index is 13.0. The molecule has 2 heterocycles. The zero-order valence-electron chi connectivity index (χ0n) is 17.7. The van der Waals surface area contributed by atoms with Gasteiger partial charge in [-0.3, -0.25) is 9.59 Å². The van der Waals surface area contributed by atoms with Crippen molar-refractivity contribution in [2.75, 3.05) is 18.1 Å². The summed E-state index contributed by atoms with van der Waals surface area (Å²) in [6.07, 6.45) is 2.15. The number of furan rings is 1. The van der Waals surface area contributed by atoms with Gasteiger partial charge in [0.2, 0.25) is 5.91 Å². The van der Waals surface area contributed by atoms with Gasteiger partial charge in [-0.15, -0.1) is 0 Å². The Morgan fingerprint density at radius 1 is 1.26 bits per heavy atom. The number of primary amides is 1. The molecule has 0 spiro atoms. The highest BCUT2D eigenvalue weighted by molar-refractivity contribution is 6.09. The van der Waals surface area contributed by atoms with Crippen LogP contribution < -0.4 is 16.0 Å². The first-order valence-electron chi connectivity index (χ1n) is 10.4.